The molecule has 1 aliphatic rings. The molecule has 1 saturated carbocycles. The molecule has 0 aromatic carbocycles. The summed E-state index contributed by atoms with van der Waals surface area (Å²) in [6, 6.07) is 0.0499. The van der Waals surface area contributed by atoms with Crippen LogP contribution in [0.3, 0.4) is 0 Å². The Bertz CT molecular complexity index is 323. The highest BCUT2D eigenvalue weighted by Gasteiger charge is 2.54. The van der Waals surface area contributed by atoms with E-state index in [0.717, 1.165) is 6.42 Å². The van der Waals surface area contributed by atoms with Crippen LogP contribution < -0.4 is 5.32 Å². The number of ether oxygens (including phenoxy) is 1. The van der Waals surface area contributed by atoms with Gasteiger partial charge in [-0.25, -0.2) is 11.4 Å². The fourth-order valence-electron chi connectivity index (χ4n) is 1.82. The number of hydrogen-bond acceptors (Lipinski definition) is 2. The minimum atomic E-state index is -0.475. The SMILES string of the molecule is [C-]#[N+]C1CC(NC(=O)OC(C)(C)C)C1(C)C. The number of nitrogens with zero attached hydrogens (tertiary/aromatic N) is 1. The van der Waals surface area contributed by atoms with Crippen LogP contribution >= 0.6 is 0 Å². The van der Waals surface area contributed by atoms with Gasteiger partial charge in [-0.15, -0.1) is 0 Å². The largest absolute Gasteiger partial charge is 0.444 e. The molecular formula is C12H20N2O2. The minimum Gasteiger partial charge on any atom is -0.444 e. The topological polar surface area (TPSA) is 42.7 Å². The highest BCUT2D eigenvalue weighted by molar-refractivity contribution is 5.68. The number of carbonyl (C=O) groups excluding carboxylic acids is 1. The molecule has 16 heavy (non-hydrogen) atoms. The van der Waals surface area contributed by atoms with Gasteiger partial charge in [-0.2, -0.15) is 0 Å². The lowest BCUT2D eigenvalue weighted by atomic mass is 9.63. The van der Waals surface area contributed by atoms with E-state index in [1.54, 1.807) is 0 Å². The summed E-state index contributed by atoms with van der Waals surface area (Å²) < 4.78 is 5.18. The first-order valence-corrected chi connectivity index (χ1v) is 5.53. The van der Waals surface area contributed by atoms with Crippen molar-refractivity contribution in [2.45, 2.75) is 58.7 Å². The fourth-order valence-corrected chi connectivity index (χ4v) is 1.82. The molecule has 0 aromatic heterocycles. The van der Waals surface area contributed by atoms with Crippen LogP contribution in [0.1, 0.15) is 41.0 Å². The van der Waals surface area contributed by atoms with Gasteiger partial charge < -0.3 is 14.9 Å². The predicted octanol–water partition coefficient (Wildman–Crippen LogP) is 2.60. The average Bonchev–Trinajstić information content (AvgIpc) is 2.08. The first kappa shape index (κ1) is 12.8. The van der Waals surface area contributed by atoms with Crippen molar-refractivity contribution in [1.29, 1.82) is 0 Å². The van der Waals surface area contributed by atoms with E-state index in [2.05, 4.69) is 10.2 Å². The Kier molecular flexibility index (Phi) is 3.18. The summed E-state index contributed by atoms with van der Waals surface area (Å²) in [6.07, 6.45) is 0.324. The van der Waals surface area contributed by atoms with E-state index in [0.29, 0.717) is 0 Å². The van der Waals surface area contributed by atoms with Crippen LogP contribution in [-0.2, 0) is 4.74 Å². The molecule has 0 aliphatic heterocycles. The molecule has 0 heterocycles. The van der Waals surface area contributed by atoms with Gasteiger partial charge in [0.1, 0.15) is 5.60 Å². The molecule has 2 atom stereocenters. The molecule has 0 radical (unpaired) electrons. The lowest BCUT2D eigenvalue weighted by molar-refractivity contribution is 0.0311. The van der Waals surface area contributed by atoms with Gasteiger partial charge in [0.15, 0.2) is 0 Å². The maximum atomic E-state index is 11.5. The Morgan fingerprint density at radius 3 is 2.44 bits per heavy atom. The number of hydrogen-bond donors (Lipinski definition) is 1. The normalized spacial score (nSPS) is 27.5. The monoisotopic (exact) mass is 224 g/mol. The Hall–Kier alpha value is -1.24. The predicted molar refractivity (Wildman–Crippen MR) is 61.9 cm³/mol. The maximum absolute atomic E-state index is 11.5. The first-order chi connectivity index (χ1) is 7.16. The van der Waals surface area contributed by atoms with Gasteiger partial charge in [-0.3, -0.25) is 0 Å². The van der Waals surface area contributed by atoms with E-state index in [1.165, 1.54) is 0 Å². The van der Waals surface area contributed by atoms with Crippen LogP contribution in [0.2, 0.25) is 0 Å². The third-order valence-electron chi connectivity index (χ3n) is 3.06. The number of carbonyl (C=O) groups is 1. The van der Waals surface area contributed by atoms with E-state index >= 15 is 0 Å². The van der Waals surface area contributed by atoms with Gasteiger partial charge >= 0.3 is 6.09 Å². The summed E-state index contributed by atoms with van der Waals surface area (Å²) in [5, 5.41) is 2.82. The van der Waals surface area contributed by atoms with Crippen LogP contribution in [0.15, 0.2) is 0 Å². The van der Waals surface area contributed by atoms with Crippen LogP contribution in [0.5, 0.6) is 0 Å². The first-order valence-electron chi connectivity index (χ1n) is 5.53. The second-order valence-electron chi connectivity index (χ2n) is 5.90. The molecule has 0 aromatic rings. The van der Waals surface area contributed by atoms with Crippen LogP contribution in [-0.4, -0.2) is 23.8 Å². The summed E-state index contributed by atoms with van der Waals surface area (Å²) >= 11 is 0. The molecule has 90 valence electrons. The van der Waals surface area contributed by atoms with Crippen molar-refractivity contribution in [1.82, 2.24) is 5.32 Å². The molecular weight excluding hydrogens is 204 g/mol. The zero-order valence-electron chi connectivity index (χ0n) is 10.6. The lowest BCUT2D eigenvalue weighted by Gasteiger charge is -2.44. The molecule has 0 bridgehead atoms. The van der Waals surface area contributed by atoms with E-state index in [1.807, 2.05) is 34.6 Å². The van der Waals surface area contributed by atoms with Crippen molar-refractivity contribution in [3.63, 3.8) is 0 Å². The molecule has 4 nitrogen and oxygen atoms in total. The maximum Gasteiger partial charge on any atom is 0.407 e. The minimum absolute atomic E-state index is 0.00689. The molecule has 1 rings (SSSR count). The van der Waals surface area contributed by atoms with Crippen LogP contribution in [0.4, 0.5) is 4.79 Å². The highest BCUT2D eigenvalue weighted by atomic mass is 16.6. The van der Waals surface area contributed by atoms with E-state index in [9.17, 15) is 4.79 Å². The van der Waals surface area contributed by atoms with E-state index in [4.69, 9.17) is 11.3 Å². The molecule has 1 fully saturated rings. The third kappa shape index (κ3) is 2.66. The van der Waals surface area contributed by atoms with Crippen molar-refractivity contribution >= 4 is 6.09 Å². The molecule has 0 saturated heterocycles. The number of nitrogens with one attached hydrogen (secondary N) is 1. The summed E-state index contributed by atoms with van der Waals surface area (Å²) in [4.78, 5) is 15.1. The van der Waals surface area contributed by atoms with Gasteiger partial charge in [-0.1, -0.05) is 13.8 Å². The summed E-state index contributed by atoms with van der Waals surface area (Å²) in [5.41, 5.74) is -0.629. The fraction of sp³-hybridized carbons (Fsp3) is 0.833. The molecule has 4 heteroatoms. The highest BCUT2D eigenvalue weighted by Crippen LogP contribution is 2.42. The van der Waals surface area contributed by atoms with Crippen molar-refractivity contribution in [2.75, 3.05) is 0 Å². The van der Waals surface area contributed by atoms with E-state index in [-0.39, 0.29) is 17.5 Å². The second kappa shape index (κ2) is 3.97. The molecule has 1 N–H and O–H groups in total. The Balaban J connectivity index is 2.47. The second-order valence-corrected chi connectivity index (χ2v) is 5.90. The van der Waals surface area contributed by atoms with Crippen molar-refractivity contribution in [3.05, 3.63) is 11.4 Å². The van der Waals surface area contributed by atoms with Crippen molar-refractivity contribution in [2.24, 2.45) is 5.41 Å². The molecule has 0 spiro atoms. The summed E-state index contributed by atoms with van der Waals surface area (Å²) in [7, 11) is 0. The van der Waals surface area contributed by atoms with Crippen LogP contribution in [0.25, 0.3) is 4.85 Å². The molecule has 1 amide bonds. The number of rotatable bonds is 1. The van der Waals surface area contributed by atoms with Gasteiger partial charge in [0, 0.05) is 6.42 Å². The molecule has 1 aliphatic carbocycles. The standard InChI is InChI=1S/C12H20N2O2/c1-11(2,3)16-10(15)14-9-7-8(13-6)12(9,4)5/h8-9H,7H2,1-5H3,(H,14,15). The summed E-state index contributed by atoms with van der Waals surface area (Å²) in [5.74, 6) is 0. The van der Waals surface area contributed by atoms with Gasteiger partial charge in [-0.05, 0) is 20.8 Å². The Labute approximate surface area is 97.2 Å². The van der Waals surface area contributed by atoms with Crippen molar-refractivity contribution in [3.8, 4) is 0 Å². The van der Waals surface area contributed by atoms with Gasteiger partial charge in [0.25, 0.3) is 0 Å². The Morgan fingerprint density at radius 1 is 1.50 bits per heavy atom. The molecule has 2 unspecified atom stereocenters. The van der Waals surface area contributed by atoms with E-state index < -0.39 is 11.7 Å². The van der Waals surface area contributed by atoms with Gasteiger partial charge in [0.05, 0.1) is 11.5 Å². The number of amides is 1. The quantitative estimate of drug-likeness (QED) is 0.696. The van der Waals surface area contributed by atoms with Crippen LogP contribution in [0, 0.1) is 12.0 Å². The van der Waals surface area contributed by atoms with Crippen molar-refractivity contribution < 1.29 is 9.53 Å². The number of alkyl carbamates (subject to hydrolysis) is 1. The zero-order chi connectivity index (χ0) is 12.6. The summed E-state index contributed by atoms with van der Waals surface area (Å²) in [6.45, 7) is 16.5. The Morgan fingerprint density at radius 2 is 2.06 bits per heavy atom. The third-order valence-corrected chi connectivity index (χ3v) is 3.06. The zero-order valence-corrected chi connectivity index (χ0v) is 10.6. The average molecular weight is 224 g/mol. The lowest BCUT2D eigenvalue weighted by Crippen LogP contribution is -2.60. The smallest absolute Gasteiger partial charge is 0.407 e. The van der Waals surface area contributed by atoms with Gasteiger partial charge in [0.2, 0.25) is 6.04 Å².